The lowest BCUT2D eigenvalue weighted by molar-refractivity contribution is -0.636. The van der Waals surface area contributed by atoms with Gasteiger partial charge in [0, 0.05) is 41.7 Å². The van der Waals surface area contributed by atoms with Gasteiger partial charge in [-0.1, -0.05) is 150 Å². The maximum absolute atomic E-state index is 4.88. The van der Waals surface area contributed by atoms with Gasteiger partial charge in [-0.2, -0.15) is 13.7 Å². The molecule has 0 N–H and O–H groups in total. The van der Waals surface area contributed by atoms with Crippen LogP contribution < -0.4 is 22.8 Å². The molecule has 15 aromatic rings. The zero-order valence-corrected chi connectivity index (χ0v) is 73.3. The van der Waals surface area contributed by atoms with Crippen LogP contribution in [-0.4, -0.2) is 34.9 Å². The van der Waals surface area contributed by atoms with E-state index >= 15 is 0 Å². The fourth-order valence-corrected chi connectivity index (χ4v) is 15.8. The number of hydrogen-bond acceptors (Lipinski definition) is 7. The van der Waals surface area contributed by atoms with Crippen LogP contribution in [0.4, 0.5) is 0 Å². The Morgan fingerprint density at radius 1 is 0.289 bits per heavy atom. The van der Waals surface area contributed by atoms with Crippen LogP contribution in [0.3, 0.4) is 0 Å². The highest BCUT2D eigenvalue weighted by Crippen LogP contribution is 2.33. The molecule has 0 aliphatic heterocycles. The van der Waals surface area contributed by atoms with E-state index in [1.54, 1.807) is 0 Å². The number of fused-ring (bicyclic) bond motifs is 5. The monoisotopic (exact) mass is 1510 g/mol. The van der Waals surface area contributed by atoms with Crippen molar-refractivity contribution in [2.75, 3.05) is 0 Å². The predicted molar refractivity (Wildman–Crippen MR) is 474 cm³/mol. The fourth-order valence-electron chi connectivity index (χ4n) is 15.8. The van der Waals surface area contributed by atoms with Gasteiger partial charge in [0.2, 0.25) is 33.6 Å². The van der Waals surface area contributed by atoms with E-state index in [1.165, 1.54) is 145 Å². The van der Waals surface area contributed by atoms with Crippen molar-refractivity contribution in [2.24, 2.45) is 47.1 Å². The first-order valence-electron chi connectivity index (χ1n) is 40.6. The number of benzene rings is 8. The Morgan fingerprint density at radius 3 is 1.04 bits per heavy atom. The molecule has 0 spiro atoms. The van der Waals surface area contributed by atoms with E-state index in [4.69, 9.17) is 19.9 Å². The molecule has 15 rings (SSSR count). The van der Waals surface area contributed by atoms with Crippen molar-refractivity contribution in [3.63, 3.8) is 0 Å². The minimum Gasteiger partial charge on any atom is -0.244 e. The summed E-state index contributed by atoms with van der Waals surface area (Å²) in [6.45, 7) is 50.2. The molecule has 7 heterocycles. The molecule has 0 fully saturated rings. The summed E-state index contributed by atoms with van der Waals surface area (Å²) in [4.78, 5) is 33.3. The number of aryl methyl sites for hydroxylation is 15. The quantitative estimate of drug-likeness (QED) is 0.119. The van der Waals surface area contributed by atoms with Gasteiger partial charge in [-0.05, 0) is 265 Å². The standard InChI is InChI=1S/C22H27N2.C21H26N3.C21H25N2.C20H24N3.C18H19N2/c1-14(2)10-18-8-7-9-20-22(18)23-13-21(24(20)6)19-12-15(3)11-16(4)17(19)5;1-13(2)9-17-7-8-19-21(23-17)24(6)20(12-22-19)18-11-14(3)10-15(4)16(18)5;1-13(2)17-8-7-9-19-21(17)22-12-20(23(19)6)18-11-14(3)10-15(4)16(18)5;1-12(2)17-7-8-18-20(22-17)23(6)19(11-21-18)16-10-13(3)9-14(4)15(16)5;1-12-9-13(2)14(3)15(10-12)18-11-19-16-7-5-6-8-17(16)20(18)4/h7-9,11-14H,10H2,1-6H3;7-8,10-13H,9H2,1-6H3;7-13H,1-6H3;7-12H,1-6H3;5-11H,1-4H3/q5*+1. The van der Waals surface area contributed by atoms with E-state index in [1.807, 2.05) is 43.1 Å². The molecule has 0 amide bonds. The molecule has 0 saturated carbocycles. The SMILES string of the molecule is Cc1cc(C)c(C)c(-c2cnc3c(C(C)C)cccc3[n+]2C)c1.Cc1cc(C)c(C)c(-c2cnc3c(CC(C)C)cccc3[n+]2C)c1.Cc1cc(C)c(C)c(-c2cnc3ccc(C(C)C)nc3[n+]2C)c1.Cc1cc(C)c(C)c(-c2cnc3ccc(CC(C)C)nc3[n+]2C)c1.Cc1cc(C)c(C)c(-c2cnc3ccccc3[n+]2C)c1. The maximum atomic E-state index is 4.88. The Bertz CT molecular complexity index is 6000. The van der Waals surface area contributed by atoms with Crippen LogP contribution in [0, 0.1) is 116 Å². The van der Waals surface area contributed by atoms with Crippen LogP contribution in [-0.2, 0) is 48.1 Å². The van der Waals surface area contributed by atoms with Gasteiger partial charge in [-0.3, -0.25) is 0 Å². The highest BCUT2D eigenvalue weighted by molar-refractivity contribution is 5.80. The Morgan fingerprint density at radius 2 is 0.632 bits per heavy atom. The van der Waals surface area contributed by atoms with Crippen molar-refractivity contribution in [3.8, 4) is 56.3 Å². The zero-order chi connectivity index (χ0) is 82.6. The molecule has 0 aliphatic rings. The van der Waals surface area contributed by atoms with Crippen molar-refractivity contribution < 1.29 is 22.8 Å². The molecular formula is C102H121N12+5. The summed E-state index contributed by atoms with van der Waals surface area (Å²) in [5.41, 5.74) is 47.0. The molecule has 12 nitrogen and oxygen atoms in total. The molecular weight excluding hydrogens is 1390 g/mol. The molecule has 114 heavy (non-hydrogen) atoms. The Hall–Kier alpha value is -11.2. The lowest BCUT2D eigenvalue weighted by atomic mass is 9.97. The van der Waals surface area contributed by atoms with Gasteiger partial charge in [0.25, 0.3) is 0 Å². The highest BCUT2D eigenvalue weighted by atomic mass is 15.1. The minimum absolute atomic E-state index is 0.408. The van der Waals surface area contributed by atoms with Crippen molar-refractivity contribution >= 4 is 55.4 Å². The summed E-state index contributed by atoms with van der Waals surface area (Å²) < 4.78 is 11.1. The first-order chi connectivity index (χ1) is 54.1. The molecule has 7 aromatic heterocycles. The zero-order valence-electron chi connectivity index (χ0n) is 73.3. The normalized spacial score (nSPS) is 11.4. The number of hydrogen-bond donors (Lipinski definition) is 0. The topological polar surface area (TPSA) is 110 Å². The van der Waals surface area contributed by atoms with Crippen LogP contribution in [0.15, 0.2) is 177 Å². The van der Waals surface area contributed by atoms with Gasteiger partial charge in [-0.25, -0.2) is 34.1 Å². The molecule has 0 unspecified atom stereocenters. The second kappa shape index (κ2) is 35.4. The molecule has 0 aliphatic carbocycles. The van der Waals surface area contributed by atoms with E-state index in [2.05, 4.69) is 366 Å². The van der Waals surface area contributed by atoms with Crippen LogP contribution in [0.25, 0.3) is 112 Å². The van der Waals surface area contributed by atoms with Gasteiger partial charge in [0.05, 0.1) is 43.2 Å². The molecule has 0 saturated heterocycles. The fraction of sp³-hybridized carbons (Fsp3) is 0.333. The Labute approximate surface area is 678 Å². The Kier molecular flexibility index (Phi) is 26.0. The van der Waals surface area contributed by atoms with Crippen LogP contribution in [0.2, 0.25) is 0 Å². The summed E-state index contributed by atoms with van der Waals surface area (Å²) in [6.07, 6.45) is 12.0. The minimum atomic E-state index is 0.408. The largest absolute Gasteiger partial charge is 0.349 e. The van der Waals surface area contributed by atoms with Gasteiger partial charge in [0.15, 0.2) is 33.8 Å². The first-order valence-corrected chi connectivity index (χ1v) is 40.6. The first kappa shape index (κ1) is 83.7. The van der Waals surface area contributed by atoms with Crippen molar-refractivity contribution in [2.45, 2.75) is 184 Å². The number of rotatable bonds is 11. The number of nitrogens with zero attached hydrogens (tertiary/aromatic N) is 12. The average molecular weight is 1520 g/mol. The van der Waals surface area contributed by atoms with Crippen LogP contribution in [0.5, 0.6) is 0 Å². The number of pyridine rings is 2. The summed E-state index contributed by atoms with van der Waals surface area (Å²) in [5, 5.41) is 0. The van der Waals surface area contributed by atoms with Crippen molar-refractivity contribution in [1.29, 1.82) is 0 Å². The molecule has 12 heteroatoms. The van der Waals surface area contributed by atoms with E-state index in [0.717, 1.165) is 85.7 Å². The lowest BCUT2D eigenvalue weighted by Gasteiger charge is -2.12. The summed E-state index contributed by atoms with van der Waals surface area (Å²) in [6, 6.07) is 52.0. The smallest absolute Gasteiger partial charge is 0.244 e. The maximum Gasteiger partial charge on any atom is 0.349 e. The second-order valence-electron chi connectivity index (χ2n) is 33.5. The van der Waals surface area contributed by atoms with E-state index in [-0.39, 0.29) is 0 Å². The van der Waals surface area contributed by atoms with Gasteiger partial charge < -0.3 is 0 Å². The predicted octanol–water partition coefficient (Wildman–Crippen LogP) is 21.7. The third-order valence-corrected chi connectivity index (χ3v) is 22.8. The van der Waals surface area contributed by atoms with Crippen molar-refractivity contribution in [1.82, 2.24) is 34.9 Å². The number of para-hydroxylation sites is 4. The van der Waals surface area contributed by atoms with Gasteiger partial charge in [0.1, 0.15) is 56.3 Å². The molecule has 584 valence electrons. The van der Waals surface area contributed by atoms with E-state index in [0.29, 0.717) is 23.7 Å². The van der Waals surface area contributed by atoms with E-state index in [9.17, 15) is 0 Å². The molecule has 0 radical (unpaired) electrons. The Balaban J connectivity index is 0.000000141. The molecule has 0 bridgehead atoms. The van der Waals surface area contributed by atoms with E-state index < -0.39 is 0 Å². The average Bonchev–Trinajstić information content (AvgIpc) is 0.773. The second-order valence-corrected chi connectivity index (χ2v) is 33.5. The molecule has 0 atom stereocenters. The van der Waals surface area contributed by atoms with Crippen LogP contribution >= 0.6 is 0 Å². The summed E-state index contributed by atoms with van der Waals surface area (Å²) in [7, 11) is 10.6. The van der Waals surface area contributed by atoms with Crippen molar-refractivity contribution in [3.05, 3.63) is 283 Å². The number of aromatic nitrogens is 12. The lowest BCUT2D eigenvalue weighted by Crippen LogP contribution is -2.34. The van der Waals surface area contributed by atoms with Crippen LogP contribution in [0.1, 0.15) is 173 Å². The summed E-state index contributed by atoms with van der Waals surface area (Å²) in [5.74, 6) is 2.10. The molecule has 8 aromatic carbocycles. The van der Waals surface area contributed by atoms with Gasteiger partial charge >= 0.3 is 11.3 Å². The highest BCUT2D eigenvalue weighted by Gasteiger charge is 2.26. The summed E-state index contributed by atoms with van der Waals surface area (Å²) >= 11 is 0. The third kappa shape index (κ3) is 18.2. The third-order valence-electron chi connectivity index (χ3n) is 22.8. The van der Waals surface area contributed by atoms with Gasteiger partial charge in [-0.15, -0.1) is 0 Å².